The first-order chi connectivity index (χ1) is 12.8. The van der Waals surface area contributed by atoms with E-state index >= 15 is 0 Å². The van der Waals surface area contributed by atoms with Gasteiger partial charge >= 0.3 is 0 Å². The van der Waals surface area contributed by atoms with Crippen LogP contribution in [0, 0.1) is 12.3 Å². The molecule has 0 atom stereocenters. The number of nitrogens with one attached hydrogen (secondary N) is 1. The van der Waals surface area contributed by atoms with Crippen LogP contribution in [0.3, 0.4) is 0 Å². The Kier molecular flexibility index (Phi) is 4.21. The van der Waals surface area contributed by atoms with Gasteiger partial charge in [0.2, 0.25) is 0 Å². The Hall–Kier alpha value is -2.76. The minimum absolute atomic E-state index is 0.0227. The number of pyridine rings is 2. The number of aryl methyl sites for hydroxylation is 1. The van der Waals surface area contributed by atoms with Gasteiger partial charge in [0.15, 0.2) is 0 Å². The fourth-order valence-corrected chi connectivity index (χ4v) is 3.24. The van der Waals surface area contributed by atoms with Crippen LogP contribution in [0.4, 0.5) is 5.69 Å². The first-order valence-electron chi connectivity index (χ1n) is 9.33. The van der Waals surface area contributed by atoms with Gasteiger partial charge in [-0.25, -0.2) is 4.98 Å². The minimum Gasteiger partial charge on any atom is -0.336 e. The zero-order chi connectivity index (χ0) is 19.2. The Morgan fingerprint density at radius 2 is 2.07 bits per heavy atom. The SMILES string of the molecule is Cc1cc(NC(=O)c2cc(C3CC3)nc3onc(CC(C)(C)C)c23)ccn1. The lowest BCUT2D eigenvalue weighted by atomic mass is 9.89. The van der Waals surface area contributed by atoms with E-state index in [2.05, 4.69) is 41.2 Å². The number of carbonyl (C=O) groups excluding carboxylic acids is 1. The highest BCUT2D eigenvalue weighted by atomic mass is 16.5. The maximum Gasteiger partial charge on any atom is 0.259 e. The van der Waals surface area contributed by atoms with Crippen molar-refractivity contribution in [3.8, 4) is 0 Å². The summed E-state index contributed by atoms with van der Waals surface area (Å²) in [5.74, 6) is 0.244. The lowest BCUT2D eigenvalue weighted by Crippen LogP contribution is -2.15. The summed E-state index contributed by atoms with van der Waals surface area (Å²) in [6, 6.07) is 5.54. The summed E-state index contributed by atoms with van der Waals surface area (Å²) in [6.45, 7) is 8.31. The van der Waals surface area contributed by atoms with Crippen molar-refractivity contribution in [1.29, 1.82) is 0 Å². The average Bonchev–Trinajstić information content (AvgIpc) is 3.36. The smallest absolute Gasteiger partial charge is 0.259 e. The highest BCUT2D eigenvalue weighted by molar-refractivity contribution is 6.12. The molecule has 4 rings (SSSR count). The second kappa shape index (κ2) is 6.44. The number of nitrogens with zero attached hydrogens (tertiary/aromatic N) is 3. The molecule has 1 aliphatic carbocycles. The Morgan fingerprint density at radius 3 is 2.74 bits per heavy atom. The molecule has 1 fully saturated rings. The Labute approximate surface area is 158 Å². The van der Waals surface area contributed by atoms with Crippen LogP contribution in [0.2, 0.25) is 0 Å². The summed E-state index contributed by atoms with van der Waals surface area (Å²) in [7, 11) is 0. The van der Waals surface area contributed by atoms with Crippen LogP contribution in [0.25, 0.3) is 11.1 Å². The fraction of sp³-hybridized carbons (Fsp3) is 0.429. The highest BCUT2D eigenvalue weighted by Gasteiger charge is 2.30. The molecule has 1 N–H and O–H groups in total. The van der Waals surface area contributed by atoms with E-state index in [0.717, 1.165) is 41.0 Å². The van der Waals surface area contributed by atoms with E-state index in [1.165, 1.54) is 0 Å². The fourth-order valence-electron chi connectivity index (χ4n) is 3.24. The third kappa shape index (κ3) is 3.84. The van der Waals surface area contributed by atoms with Crippen LogP contribution >= 0.6 is 0 Å². The Bertz CT molecular complexity index is 1010. The first kappa shape index (κ1) is 17.6. The van der Waals surface area contributed by atoms with Gasteiger partial charge in [0.25, 0.3) is 11.6 Å². The molecular formula is C21H24N4O2. The molecule has 1 saturated carbocycles. The van der Waals surface area contributed by atoms with Crippen LogP contribution < -0.4 is 5.32 Å². The molecule has 27 heavy (non-hydrogen) atoms. The molecule has 1 amide bonds. The van der Waals surface area contributed by atoms with Gasteiger partial charge in [-0.15, -0.1) is 0 Å². The monoisotopic (exact) mass is 364 g/mol. The van der Waals surface area contributed by atoms with Crippen molar-refractivity contribution in [2.45, 2.75) is 52.9 Å². The Morgan fingerprint density at radius 1 is 1.30 bits per heavy atom. The number of hydrogen-bond acceptors (Lipinski definition) is 5. The second-order valence-corrected chi connectivity index (χ2v) is 8.56. The topological polar surface area (TPSA) is 80.9 Å². The van der Waals surface area contributed by atoms with E-state index in [9.17, 15) is 4.79 Å². The number of fused-ring (bicyclic) bond motifs is 1. The van der Waals surface area contributed by atoms with Crippen molar-refractivity contribution < 1.29 is 9.32 Å². The Balaban J connectivity index is 1.78. The summed E-state index contributed by atoms with van der Waals surface area (Å²) >= 11 is 0. The van der Waals surface area contributed by atoms with Gasteiger partial charge in [-0.2, -0.15) is 0 Å². The molecule has 1 aliphatic rings. The average molecular weight is 364 g/mol. The molecule has 0 saturated heterocycles. The van der Waals surface area contributed by atoms with Crippen molar-refractivity contribution in [1.82, 2.24) is 15.1 Å². The molecular weight excluding hydrogens is 340 g/mol. The molecule has 6 heteroatoms. The normalized spacial score (nSPS) is 14.5. The van der Waals surface area contributed by atoms with Crippen LogP contribution in [0.1, 0.15) is 67.0 Å². The summed E-state index contributed by atoms with van der Waals surface area (Å²) in [4.78, 5) is 21.9. The van der Waals surface area contributed by atoms with Crippen molar-refractivity contribution in [2.24, 2.45) is 5.41 Å². The molecule has 140 valence electrons. The predicted molar refractivity (Wildman–Crippen MR) is 104 cm³/mol. The molecule has 0 bridgehead atoms. The number of carbonyl (C=O) groups is 1. The number of aromatic nitrogens is 3. The molecule has 3 aromatic rings. The molecule has 0 spiro atoms. The van der Waals surface area contributed by atoms with Crippen LogP contribution in [-0.4, -0.2) is 21.0 Å². The van der Waals surface area contributed by atoms with E-state index in [0.29, 0.717) is 23.6 Å². The molecule has 3 aromatic heterocycles. The minimum atomic E-state index is -0.173. The van der Waals surface area contributed by atoms with Crippen LogP contribution in [0.5, 0.6) is 0 Å². The summed E-state index contributed by atoms with van der Waals surface area (Å²) in [5.41, 5.74) is 4.32. The zero-order valence-electron chi connectivity index (χ0n) is 16.2. The van der Waals surface area contributed by atoms with Gasteiger partial charge in [-0.1, -0.05) is 25.9 Å². The van der Waals surface area contributed by atoms with E-state index in [1.807, 2.05) is 19.1 Å². The van der Waals surface area contributed by atoms with Crippen molar-refractivity contribution >= 4 is 22.7 Å². The maximum absolute atomic E-state index is 13.1. The summed E-state index contributed by atoms with van der Waals surface area (Å²) in [5, 5.41) is 7.94. The molecule has 3 heterocycles. The van der Waals surface area contributed by atoms with E-state index in [1.54, 1.807) is 12.3 Å². The lowest BCUT2D eigenvalue weighted by molar-refractivity contribution is 0.102. The molecule has 0 unspecified atom stereocenters. The second-order valence-electron chi connectivity index (χ2n) is 8.56. The van der Waals surface area contributed by atoms with Gasteiger partial charge in [-0.3, -0.25) is 9.78 Å². The number of hydrogen-bond donors (Lipinski definition) is 1. The van der Waals surface area contributed by atoms with Gasteiger partial charge < -0.3 is 9.84 Å². The maximum atomic E-state index is 13.1. The number of anilines is 1. The van der Waals surface area contributed by atoms with E-state index in [-0.39, 0.29) is 11.3 Å². The quantitative estimate of drug-likeness (QED) is 0.729. The number of amides is 1. The third-order valence-corrected chi connectivity index (χ3v) is 4.63. The predicted octanol–water partition coefficient (Wildman–Crippen LogP) is 4.64. The van der Waals surface area contributed by atoms with Crippen molar-refractivity contribution in [2.75, 3.05) is 5.32 Å². The molecule has 0 radical (unpaired) electrons. The van der Waals surface area contributed by atoms with E-state index in [4.69, 9.17) is 4.52 Å². The summed E-state index contributed by atoms with van der Waals surface area (Å²) < 4.78 is 5.52. The van der Waals surface area contributed by atoms with Gasteiger partial charge in [0.05, 0.1) is 16.6 Å². The highest BCUT2D eigenvalue weighted by Crippen LogP contribution is 2.41. The van der Waals surface area contributed by atoms with Gasteiger partial charge in [0, 0.05) is 29.2 Å². The van der Waals surface area contributed by atoms with Crippen molar-refractivity contribution in [3.63, 3.8) is 0 Å². The number of rotatable bonds is 4. The van der Waals surface area contributed by atoms with Crippen molar-refractivity contribution in [3.05, 3.63) is 47.0 Å². The zero-order valence-corrected chi connectivity index (χ0v) is 16.2. The molecule has 6 nitrogen and oxygen atoms in total. The van der Waals surface area contributed by atoms with Crippen LogP contribution in [0.15, 0.2) is 28.9 Å². The van der Waals surface area contributed by atoms with Crippen LogP contribution in [-0.2, 0) is 6.42 Å². The van der Waals surface area contributed by atoms with E-state index < -0.39 is 0 Å². The largest absolute Gasteiger partial charge is 0.336 e. The first-order valence-corrected chi connectivity index (χ1v) is 9.33. The summed E-state index contributed by atoms with van der Waals surface area (Å²) in [6.07, 6.45) is 4.60. The standard InChI is InChI=1S/C21H24N4O2/c1-12-9-14(7-8-22-12)23-19(26)15-10-16(13-5-6-13)24-20-18(15)17(25-27-20)11-21(2,3)4/h7-10,13H,5-6,11H2,1-4H3,(H,22,23,26). The lowest BCUT2D eigenvalue weighted by Gasteiger charge is -2.16. The third-order valence-electron chi connectivity index (χ3n) is 4.63. The van der Waals surface area contributed by atoms with Gasteiger partial charge in [-0.05, 0) is 49.8 Å². The molecule has 0 aliphatic heterocycles. The van der Waals surface area contributed by atoms with Gasteiger partial charge in [0.1, 0.15) is 0 Å². The molecule has 0 aromatic carbocycles.